The molecule has 1 atom stereocenters. The molecule has 1 fully saturated rings. The van der Waals surface area contributed by atoms with Crippen LogP contribution in [0.5, 0.6) is 5.75 Å². The van der Waals surface area contributed by atoms with Gasteiger partial charge in [-0.15, -0.1) is 0 Å². The number of carbonyl (C=O) groups excluding carboxylic acids is 1. The predicted octanol–water partition coefficient (Wildman–Crippen LogP) is 1.89. The normalized spacial score (nSPS) is 16.3. The molecule has 0 spiro atoms. The van der Waals surface area contributed by atoms with E-state index >= 15 is 0 Å². The van der Waals surface area contributed by atoms with Crippen LogP contribution in [0, 0.1) is 5.82 Å². The van der Waals surface area contributed by atoms with Gasteiger partial charge in [-0.1, -0.05) is 0 Å². The standard InChI is InChI=1S/C13H16FNO3/c1-2-18-13(17)12(15-9-4-5-9)10-7-8(14)3-6-11(10)16/h3,6-7,9,12,15-16H,2,4-5H2,1H3. The lowest BCUT2D eigenvalue weighted by Gasteiger charge is -2.18. The minimum absolute atomic E-state index is 0.109. The molecule has 0 radical (unpaired) electrons. The Balaban J connectivity index is 2.25. The molecule has 1 aromatic carbocycles. The first-order valence-corrected chi connectivity index (χ1v) is 6.03. The second-order valence-electron chi connectivity index (χ2n) is 4.33. The first-order valence-electron chi connectivity index (χ1n) is 6.03. The second kappa shape index (κ2) is 5.35. The van der Waals surface area contributed by atoms with Crippen molar-refractivity contribution in [3.05, 3.63) is 29.6 Å². The number of carbonyl (C=O) groups is 1. The number of ether oxygens (including phenoxy) is 1. The Bertz CT molecular complexity index is 446. The topological polar surface area (TPSA) is 58.6 Å². The molecule has 5 heteroatoms. The van der Waals surface area contributed by atoms with Crippen LogP contribution in [0.2, 0.25) is 0 Å². The van der Waals surface area contributed by atoms with Crippen LogP contribution in [0.4, 0.5) is 4.39 Å². The lowest BCUT2D eigenvalue weighted by Crippen LogP contribution is -2.32. The fraction of sp³-hybridized carbons (Fsp3) is 0.462. The summed E-state index contributed by atoms with van der Waals surface area (Å²) in [6.07, 6.45) is 1.96. The number of benzene rings is 1. The molecule has 0 aromatic heterocycles. The van der Waals surface area contributed by atoms with Crippen molar-refractivity contribution in [1.29, 1.82) is 0 Å². The van der Waals surface area contributed by atoms with Crippen molar-refractivity contribution in [3.63, 3.8) is 0 Å². The molecule has 0 bridgehead atoms. The van der Waals surface area contributed by atoms with E-state index in [1.165, 1.54) is 6.07 Å². The Morgan fingerprint density at radius 1 is 1.61 bits per heavy atom. The lowest BCUT2D eigenvalue weighted by atomic mass is 10.1. The Morgan fingerprint density at radius 3 is 2.94 bits per heavy atom. The number of halogens is 1. The van der Waals surface area contributed by atoms with Crippen LogP contribution < -0.4 is 5.32 Å². The van der Waals surface area contributed by atoms with Crippen molar-refractivity contribution in [3.8, 4) is 5.75 Å². The highest BCUT2D eigenvalue weighted by Crippen LogP contribution is 2.30. The third-order valence-electron chi connectivity index (χ3n) is 2.80. The van der Waals surface area contributed by atoms with Gasteiger partial charge in [0.05, 0.1) is 6.61 Å². The summed E-state index contributed by atoms with van der Waals surface area (Å²) < 4.78 is 18.2. The van der Waals surface area contributed by atoms with Gasteiger partial charge in [-0.05, 0) is 38.0 Å². The van der Waals surface area contributed by atoms with Crippen LogP contribution in [0.25, 0.3) is 0 Å². The molecule has 2 N–H and O–H groups in total. The summed E-state index contributed by atoms with van der Waals surface area (Å²) in [6.45, 7) is 1.95. The maximum atomic E-state index is 13.2. The van der Waals surface area contributed by atoms with E-state index in [0.717, 1.165) is 25.0 Å². The van der Waals surface area contributed by atoms with Gasteiger partial charge in [0.1, 0.15) is 17.6 Å². The Hall–Kier alpha value is -1.62. The molecular weight excluding hydrogens is 237 g/mol. The largest absolute Gasteiger partial charge is 0.508 e. The minimum atomic E-state index is -0.812. The zero-order valence-electron chi connectivity index (χ0n) is 10.1. The maximum absolute atomic E-state index is 13.2. The SMILES string of the molecule is CCOC(=O)C(NC1CC1)c1cc(F)ccc1O. The van der Waals surface area contributed by atoms with Crippen LogP contribution in [0.15, 0.2) is 18.2 Å². The van der Waals surface area contributed by atoms with E-state index in [1.807, 2.05) is 0 Å². The number of hydrogen-bond donors (Lipinski definition) is 2. The third-order valence-corrected chi connectivity index (χ3v) is 2.80. The van der Waals surface area contributed by atoms with E-state index < -0.39 is 17.8 Å². The van der Waals surface area contributed by atoms with Crippen molar-refractivity contribution < 1.29 is 19.0 Å². The highest BCUT2D eigenvalue weighted by Gasteiger charge is 2.32. The number of nitrogens with one attached hydrogen (secondary N) is 1. The van der Waals surface area contributed by atoms with Crippen molar-refractivity contribution in [2.75, 3.05) is 6.61 Å². The quantitative estimate of drug-likeness (QED) is 0.787. The Labute approximate surface area is 105 Å². The van der Waals surface area contributed by atoms with Gasteiger partial charge >= 0.3 is 5.97 Å². The van der Waals surface area contributed by atoms with Gasteiger partial charge in [0.25, 0.3) is 0 Å². The number of phenolic OH excluding ortho intramolecular Hbond substituents is 1. The molecule has 4 nitrogen and oxygen atoms in total. The van der Waals surface area contributed by atoms with E-state index in [-0.39, 0.29) is 24.0 Å². The van der Waals surface area contributed by atoms with Crippen molar-refractivity contribution in [2.45, 2.75) is 31.8 Å². The molecule has 2 rings (SSSR count). The summed E-state index contributed by atoms with van der Waals surface area (Å²) in [4.78, 5) is 11.9. The van der Waals surface area contributed by atoms with Crippen LogP contribution in [0.3, 0.4) is 0 Å². The van der Waals surface area contributed by atoms with Crippen molar-refractivity contribution >= 4 is 5.97 Å². The van der Waals surface area contributed by atoms with Gasteiger partial charge in [0.2, 0.25) is 0 Å². The van der Waals surface area contributed by atoms with Gasteiger partial charge < -0.3 is 9.84 Å². The van der Waals surface area contributed by atoms with Crippen molar-refractivity contribution in [2.24, 2.45) is 0 Å². The monoisotopic (exact) mass is 253 g/mol. The molecule has 1 saturated carbocycles. The Kier molecular flexibility index (Phi) is 3.81. The number of phenols is 1. The zero-order chi connectivity index (χ0) is 13.1. The van der Waals surface area contributed by atoms with Gasteiger partial charge in [-0.2, -0.15) is 0 Å². The molecule has 1 aliphatic rings. The van der Waals surface area contributed by atoms with Crippen LogP contribution in [-0.2, 0) is 9.53 Å². The van der Waals surface area contributed by atoms with E-state index in [9.17, 15) is 14.3 Å². The number of rotatable bonds is 5. The first kappa shape index (κ1) is 12.8. The number of hydrogen-bond acceptors (Lipinski definition) is 4. The summed E-state index contributed by atoms with van der Waals surface area (Å²) in [5.74, 6) is -1.09. The van der Waals surface area contributed by atoms with Crippen LogP contribution in [-0.4, -0.2) is 23.7 Å². The number of esters is 1. The smallest absolute Gasteiger partial charge is 0.327 e. The average molecular weight is 253 g/mol. The predicted molar refractivity (Wildman–Crippen MR) is 63.6 cm³/mol. The summed E-state index contributed by atoms with van der Waals surface area (Å²) in [7, 11) is 0. The Morgan fingerprint density at radius 2 is 2.33 bits per heavy atom. The molecule has 0 heterocycles. The zero-order valence-corrected chi connectivity index (χ0v) is 10.1. The van der Waals surface area contributed by atoms with Gasteiger partial charge in [0.15, 0.2) is 0 Å². The summed E-state index contributed by atoms with van der Waals surface area (Å²) in [5, 5.41) is 12.8. The van der Waals surface area contributed by atoms with E-state index in [4.69, 9.17) is 4.74 Å². The van der Waals surface area contributed by atoms with Gasteiger partial charge in [-0.25, -0.2) is 9.18 Å². The highest BCUT2D eigenvalue weighted by atomic mass is 19.1. The van der Waals surface area contributed by atoms with Crippen LogP contribution in [0.1, 0.15) is 31.4 Å². The minimum Gasteiger partial charge on any atom is -0.508 e. The molecule has 18 heavy (non-hydrogen) atoms. The first-order chi connectivity index (χ1) is 8.61. The maximum Gasteiger partial charge on any atom is 0.327 e. The second-order valence-corrected chi connectivity index (χ2v) is 4.33. The summed E-state index contributed by atoms with van der Waals surface area (Å²) in [5.41, 5.74) is 0.223. The molecule has 1 unspecified atom stereocenters. The average Bonchev–Trinajstić information content (AvgIpc) is 3.14. The summed E-state index contributed by atoms with van der Waals surface area (Å²) in [6, 6.07) is 2.98. The molecule has 0 saturated heterocycles. The number of aromatic hydroxyl groups is 1. The molecular formula is C13H16FNO3. The highest BCUT2D eigenvalue weighted by molar-refractivity contribution is 5.78. The van der Waals surface area contributed by atoms with E-state index in [2.05, 4.69) is 5.32 Å². The lowest BCUT2D eigenvalue weighted by molar-refractivity contribution is -0.146. The molecule has 1 aromatic rings. The summed E-state index contributed by atoms with van der Waals surface area (Å²) >= 11 is 0. The third kappa shape index (κ3) is 2.98. The van der Waals surface area contributed by atoms with E-state index in [0.29, 0.717) is 0 Å². The fourth-order valence-corrected chi connectivity index (χ4v) is 1.75. The van der Waals surface area contributed by atoms with E-state index in [1.54, 1.807) is 6.92 Å². The van der Waals surface area contributed by atoms with Crippen molar-refractivity contribution in [1.82, 2.24) is 5.32 Å². The van der Waals surface area contributed by atoms with Crippen LogP contribution >= 0.6 is 0 Å². The fourth-order valence-electron chi connectivity index (χ4n) is 1.75. The molecule has 1 aliphatic carbocycles. The molecule has 98 valence electrons. The molecule has 0 amide bonds. The van der Waals surface area contributed by atoms with Gasteiger partial charge in [-0.3, -0.25) is 5.32 Å². The molecule has 0 aliphatic heterocycles. The van der Waals surface area contributed by atoms with Gasteiger partial charge in [0, 0.05) is 11.6 Å².